The monoisotopic (exact) mass is 382 g/mol. The molecule has 1 aliphatic rings. The number of benzene rings is 1. The third-order valence-corrected chi connectivity index (χ3v) is 5.16. The lowest BCUT2D eigenvalue weighted by Gasteiger charge is -2.35. The van der Waals surface area contributed by atoms with Gasteiger partial charge >= 0.3 is 0 Å². The number of nitrogens with zero attached hydrogens (tertiary/aromatic N) is 4. The molecule has 2 aromatic heterocycles. The van der Waals surface area contributed by atoms with Crippen molar-refractivity contribution in [2.45, 2.75) is 38.6 Å². The molecule has 0 unspecified atom stereocenters. The Balaban J connectivity index is 1.62. The summed E-state index contributed by atoms with van der Waals surface area (Å²) in [6.45, 7) is 2.57. The number of amides is 1. The molecule has 0 N–H and O–H groups in total. The molecule has 0 spiro atoms. The second-order valence-electron chi connectivity index (χ2n) is 7.34. The Hall–Kier alpha value is -2.96. The average Bonchev–Trinajstić information content (AvgIpc) is 3.29. The van der Waals surface area contributed by atoms with Crippen LogP contribution in [0.2, 0.25) is 0 Å². The molecule has 1 atom stereocenters. The highest BCUT2D eigenvalue weighted by atomic mass is 19.1. The van der Waals surface area contributed by atoms with Gasteiger partial charge in [-0.1, -0.05) is 17.3 Å². The zero-order valence-corrected chi connectivity index (χ0v) is 16.1. The van der Waals surface area contributed by atoms with Crippen molar-refractivity contribution in [3.8, 4) is 11.3 Å². The molecular formula is C21H23FN4O2. The predicted molar refractivity (Wildman–Crippen MR) is 102 cm³/mol. The molecule has 7 heteroatoms. The van der Waals surface area contributed by atoms with E-state index in [1.165, 1.54) is 12.1 Å². The first kappa shape index (κ1) is 18.4. The first-order chi connectivity index (χ1) is 13.5. The molecule has 6 nitrogen and oxygen atoms in total. The largest absolute Gasteiger partial charge is 0.356 e. The van der Waals surface area contributed by atoms with E-state index in [2.05, 4.69) is 10.3 Å². The summed E-state index contributed by atoms with van der Waals surface area (Å²) in [7, 11) is 1.86. The van der Waals surface area contributed by atoms with E-state index in [0.717, 1.165) is 41.8 Å². The molecule has 0 saturated carbocycles. The van der Waals surface area contributed by atoms with E-state index in [-0.39, 0.29) is 24.2 Å². The van der Waals surface area contributed by atoms with E-state index in [1.54, 1.807) is 16.8 Å². The minimum atomic E-state index is -0.299. The number of carbonyl (C=O) groups excluding carboxylic acids is 1. The van der Waals surface area contributed by atoms with E-state index in [9.17, 15) is 9.18 Å². The Bertz CT molecular complexity index is 977. The molecule has 0 aliphatic carbocycles. The van der Waals surface area contributed by atoms with Crippen LogP contribution in [0.4, 0.5) is 4.39 Å². The van der Waals surface area contributed by atoms with Crippen molar-refractivity contribution < 1.29 is 13.7 Å². The van der Waals surface area contributed by atoms with Crippen LogP contribution in [0.15, 0.2) is 41.1 Å². The van der Waals surface area contributed by atoms with Gasteiger partial charge in [0.1, 0.15) is 5.82 Å². The summed E-state index contributed by atoms with van der Waals surface area (Å²) in [6, 6.07) is 7.88. The highest BCUT2D eigenvalue weighted by Crippen LogP contribution is 2.36. The Labute approximate surface area is 162 Å². The van der Waals surface area contributed by atoms with Crippen molar-refractivity contribution in [3.05, 3.63) is 59.3 Å². The van der Waals surface area contributed by atoms with E-state index < -0.39 is 0 Å². The molecule has 146 valence electrons. The predicted octanol–water partition coefficient (Wildman–Crippen LogP) is 3.82. The fourth-order valence-electron chi connectivity index (χ4n) is 3.82. The van der Waals surface area contributed by atoms with Crippen molar-refractivity contribution in [2.75, 3.05) is 6.54 Å². The fourth-order valence-corrected chi connectivity index (χ4v) is 3.82. The smallest absolute Gasteiger partial charge is 0.227 e. The Kier molecular flexibility index (Phi) is 4.98. The first-order valence-electron chi connectivity index (χ1n) is 9.52. The van der Waals surface area contributed by atoms with Crippen LogP contribution in [-0.4, -0.2) is 32.3 Å². The lowest BCUT2D eigenvalue weighted by molar-refractivity contribution is -0.134. The van der Waals surface area contributed by atoms with Crippen LogP contribution in [0.25, 0.3) is 11.3 Å². The molecule has 1 aromatic carbocycles. The number of hydrogen-bond acceptors (Lipinski definition) is 4. The molecule has 28 heavy (non-hydrogen) atoms. The number of rotatable bonds is 4. The van der Waals surface area contributed by atoms with Gasteiger partial charge in [0, 0.05) is 25.9 Å². The van der Waals surface area contributed by atoms with Gasteiger partial charge < -0.3 is 9.42 Å². The van der Waals surface area contributed by atoms with Gasteiger partial charge in [0.05, 0.1) is 29.4 Å². The highest BCUT2D eigenvalue weighted by molar-refractivity contribution is 5.79. The van der Waals surface area contributed by atoms with Crippen molar-refractivity contribution in [3.63, 3.8) is 0 Å². The van der Waals surface area contributed by atoms with Crippen LogP contribution in [0, 0.1) is 12.7 Å². The summed E-state index contributed by atoms with van der Waals surface area (Å²) in [4.78, 5) is 15.0. The second kappa shape index (κ2) is 7.58. The lowest BCUT2D eigenvalue weighted by atomic mass is 9.95. The van der Waals surface area contributed by atoms with Crippen molar-refractivity contribution >= 4 is 5.91 Å². The summed E-state index contributed by atoms with van der Waals surface area (Å²) in [5.41, 5.74) is 3.32. The number of aromatic nitrogens is 3. The molecule has 1 aliphatic heterocycles. The number of hydrogen-bond donors (Lipinski definition) is 0. The number of aryl methyl sites for hydroxylation is 2. The first-order valence-corrected chi connectivity index (χ1v) is 9.52. The number of piperidine rings is 1. The minimum Gasteiger partial charge on any atom is -0.356 e. The number of halogens is 1. The van der Waals surface area contributed by atoms with Crippen LogP contribution in [0.3, 0.4) is 0 Å². The van der Waals surface area contributed by atoms with Gasteiger partial charge in [0.2, 0.25) is 5.91 Å². The quantitative estimate of drug-likeness (QED) is 0.688. The van der Waals surface area contributed by atoms with Crippen LogP contribution in [0.5, 0.6) is 0 Å². The zero-order valence-electron chi connectivity index (χ0n) is 16.1. The maximum Gasteiger partial charge on any atom is 0.227 e. The van der Waals surface area contributed by atoms with Gasteiger partial charge in [0.25, 0.3) is 0 Å². The normalized spacial score (nSPS) is 17.1. The third-order valence-electron chi connectivity index (χ3n) is 5.16. The summed E-state index contributed by atoms with van der Waals surface area (Å²) in [5.74, 6) is 0.395. The van der Waals surface area contributed by atoms with E-state index in [1.807, 2.05) is 31.1 Å². The molecule has 0 bridgehead atoms. The van der Waals surface area contributed by atoms with Gasteiger partial charge in [-0.3, -0.25) is 9.48 Å². The molecule has 3 aromatic rings. The number of carbonyl (C=O) groups is 1. The molecule has 0 radical (unpaired) electrons. The van der Waals surface area contributed by atoms with Crippen molar-refractivity contribution in [2.24, 2.45) is 7.05 Å². The van der Waals surface area contributed by atoms with E-state index >= 15 is 0 Å². The Morgan fingerprint density at radius 2 is 2.07 bits per heavy atom. The third kappa shape index (κ3) is 3.69. The topological polar surface area (TPSA) is 64.2 Å². The fraction of sp³-hybridized carbons (Fsp3) is 0.381. The Morgan fingerprint density at radius 3 is 2.79 bits per heavy atom. The van der Waals surface area contributed by atoms with Crippen LogP contribution in [-0.2, 0) is 18.3 Å². The molecule has 1 fully saturated rings. The van der Waals surface area contributed by atoms with Gasteiger partial charge in [-0.05, 0) is 43.9 Å². The molecule has 3 heterocycles. The molecular weight excluding hydrogens is 359 g/mol. The van der Waals surface area contributed by atoms with E-state index in [0.29, 0.717) is 12.3 Å². The summed E-state index contributed by atoms with van der Waals surface area (Å²) < 4.78 is 20.4. The van der Waals surface area contributed by atoms with Crippen molar-refractivity contribution in [1.29, 1.82) is 0 Å². The van der Waals surface area contributed by atoms with Crippen LogP contribution in [0.1, 0.15) is 42.3 Å². The van der Waals surface area contributed by atoms with Crippen LogP contribution < -0.4 is 0 Å². The van der Waals surface area contributed by atoms with Gasteiger partial charge in [-0.15, -0.1) is 0 Å². The molecule has 4 rings (SSSR count). The minimum absolute atomic E-state index is 0.0293. The molecule has 1 amide bonds. The second-order valence-corrected chi connectivity index (χ2v) is 7.34. The molecule has 1 saturated heterocycles. The summed E-state index contributed by atoms with van der Waals surface area (Å²) in [6.07, 6.45) is 5.02. The summed E-state index contributed by atoms with van der Waals surface area (Å²) in [5, 5.41) is 8.64. The van der Waals surface area contributed by atoms with Gasteiger partial charge in [0.15, 0.2) is 5.76 Å². The van der Waals surface area contributed by atoms with Crippen molar-refractivity contribution in [1.82, 2.24) is 19.8 Å². The zero-order chi connectivity index (χ0) is 19.7. The standard InChI is InChI=1S/C21H23FN4O2/c1-14-11-19(28-24-14)17-13-25(2)23-21(17)18-5-3-4-10-26(18)20(27)12-15-6-8-16(22)9-7-15/h6-9,11,13,18H,3-5,10,12H2,1-2H3/t18-/m0/s1. The van der Waals surface area contributed by atoms with Crippen LogP contribution >= 0.6 is 0 Å². The summed E-state index contributed by atoms with van der Waals surface area (Å²) >= 11 is 0. The maximum atomic E-state index is 13.2. The average molecular weight is 382 g/mol. The van der Waals surface area contributed by atoms with Gasteiger partial charge in [-0.25, -0.2) is 4.39 Å². The maximum absolute atomic E-state index is 13.2. The van der Waals surface area contributed by atoms with Gasteiger partial charge in [-0.2, -0.15) is 5.10 Å². The van der Waals surface area contributed by atoms with E-state index in [4.69, 9.17) is 4.52 Å². The number of likely N-dealkylation sites (tertiary alicyclic amines) is 1. The lowest BCUT2D eigenvalue weighted by Crippen LogP contribution is -2.39. The Morgan fingerprint density at radius 1 is 1.29 bits per heavy atom. The highest BCUT2D eigenvalue weighted by Gasteiger charge is 2.32. The SMILES string of the molecule is Cc1cc(-c2cn(C)nc2[C@@H]2CCCCN2C(=O)Cc2ccc(F)cc2)on1.